The van der Waals surface area contributed by atoms with Crippen LogP contribution in [0.15, 0.2) is 24.4 Å². The molecular weight excluding hydrogens is 267 g/mol. The molecule has 0 fully saturated rings. The minimum absolute atomic E-state index is 0.145. The average molecular weight is 278 g/mol. The van der Waals surface area contributed by atoms with E-state index in [1.54, 1.807) is 14.0 Å². The SMILES string of the molecule is CNc1ncc(F)c(Oc2cc([N+](=O)[O-])ccc2C)n1. The van der Waals surface area contributed by atoms with Gasteiger partial charge in [-0.25, -0.2) is 4.98 Å². The van der Waals surface area contributed by atoms with Crippen molar-refractivity contribution >= 4 is 11.6 Å². The first kappa shape index (κ1) is 13.7. The Morgan fingerprint density at radius 2 is 2.20 bits per heavy atom. The highest BCUT2D eigenvalue weighted by Crippen LogP contribution is 2.29. The van der Waals surface area contributed by atoms with Gasteiger partial charge in [0.05, 0.1) is 17.2 Å². The molecule has 1 N–H and O–H groups in total. The van der Waals surface area contributed by atoms with E-state index in [1.165, 1.54) is 18.2 Å². The fraction of sp³-hybridized carbons (Fsp3) is 0.167. The molecular formula is C12H11FN4O3. The van der Waals surface area contributed by atoms with Crippen LogP contribution in [0.1, 0.15) is 5.56 Å². The molecule has 0 saturated carbocycles. The van der Waals surface area contributed by atoms with Crippen LogP contribution in [0.3, 0.4) is 0 Å². The zero-order chi connectivity index (χ0) is 14.7. The number of non-ortho nitro benzene ring substituents is 1. The molecule has 0 aliphatic rings. The van der Waals surface area contributed by atoms with E-state index < -0.39 is 10.7 Å². The lowest BCUT2D eigenvalue weighted by Gasteiger charge is -2.09. The van der Waals surface area contributed by atoms with Crippen molar-refractivity contribution in [3.63, 3.8) is 0 Å². The third-order valence-electron chi connectivity index (χ3n) is 2.52. The van der Waals surface area contributed by atoms with E-state index in [4.69, 9.17) is 4.74 Å². The number of ether oxygens (including phenoxy) is 1. The lowest BCUT2D eigenvalue weighted by molar-refractivity contribution is -0.384. The van der Waals surface area contributed by atoms with Gasteiger partial charge in [0.25, 0.3) is 11.6 Å². The monoisotopic (exact) mass is 278 g/mol. The molecule has 0 radical (unpaired) electrons. The van der Waals surface area contributed by atoms with Crippen molar-refractivity contribution in [1.29, 1.82) is 0 Å². The molecule has 104 valence electrons. The summed E-state index contributed by atoms with van der Waals surface area (Å²) in [6.07, 6.45) is 0.959. The number of nitro benzene ring substituents is 1. The summed E-state index contributed by atoms with van der Waals surface area (Å²) in [6, 6.07) is 4.08. The van der Waals surface area contributed by atoms with Crippen LogP contribution in [0.4, 0.5) is 16.0 Å². The highest BCUT2D eigenvalue weighted by molar-refractivity contribution is 5.45. The second-order valence-corrected chi connectivity index (χ2v) is 3.91. The molecule has 0 bridgehead atoms. The summed E-state index contributed by atoms with van der Waals surface area (Å²) >= 11 is 0. The Morgan fingerprint density at radius 1 is 1.45 bits per heavy atom. The van der Waals surface area contributed by atoms with Gasteiger partial charge in [-0.05, 0) is 18.6 Å². The minimum atomic E-state index is -0.755. The largest absolute Gasteiger partial charge is 0.436 e. The van der Waals surface area contributed by atoms with Crippen molar-refractivity contribution in [2.75, 3.05) is 12.4 Å². The summed E-state index contributed by atoms with van der Waals surface area (Å²) < 4.78 is 18.9. The number of hydrogen-bond acceptors (Lipinski definition) is 6. The second-order valence-electron chi connectivity index (χ2n) is 3.91. The van der Waals surface area contributed by atoms with E-state index in [0.29, 0.717) is 5.56 Å². The summed E-state index contributed by atoms with van der Waals surface area (Å²) in [5.41, 5.74) is 0.480. The molecule has 2 rings (SSSR count). The summed E-state index contributed by atoms with van der Waals surface area (Å²) in [5.74, 6) is -0.703. The molecule has 0 unspecified atom stereocenters. The summed E-state index contributed by atoms with van der Waals surface area (Å²) in [4.78, 5) is 17.7. The molecule has 20 heavy (non-hydrogen) atoms. The van der Waals surface area contributed by atoms with Crippen molar-refractivity contribution < 1.29 is 14.1 Å². The summed E-state index contributed by atoms with van der Waals surface area (Å²) in [5, 5.41) is 13.4. The van der Waals surface area contributed by atoms with Crippen LogP contribution in [0.5, 0.6) is 11.6 Å². The Kier molecular flexibility index (Phi) is 3.74. The average Bonchev–Trinajstić information content (AvgIpc) is 2.43. The zero-order valence-corrected chi connectivity index (χ0v) is 10.8. The number of nitrogens with zero attached hydrogens (tertiary/aromatic N) is 3. The zero-order valence-electron chi connectivity index (χ0n) is 10.8. The maximum atomic E-state index is 13.6. The first-order valence-corrected chi connectivity index (χ1v) is 5.64. The molecule has 0 aliphatic heterocycles. The Labute approximate surface area is 113 Å². The highest BCUT2D eigenvalue weighted by atomic mass is 19.1. The topological polar surface area (TPSA) is 90.2 Å². The van der Waals surface area contributed by atoms with E-state index in [2.05, 4.69) is 15.3 Å². The quantitative estimate of drug-likeness (QED) is 0.683. The lowest BCUT2D eigenvalue weighted by Crippen LogP contribution is -2.01. The first-order valence-electron chi connectivity index (χ1n) is 5.64. The van der Waals surface area contributed by atoms with Gasteiger partial charge in [-0.15, -0.1) is 0 Å². The van der Waals surface area contributed by atoms with Gasteiger partial charge >= 0.3 is 0 Å². The van der Waals surface area contributed by atoms with Crippen molar-refractivity contribution in [2.45, 2.75) is 6.92 Å². The van der Waals surface area contributed by atoms with E-state index >= 15 is 0 Å². The van der Waals surface area contributed by atoms with Crippen LogP contribution in [0, 0.1) is 22.9 Å². The van der Waals surface area contributed by atoms with Gasteiger partial charge in [0.2, 0.25) is 11.8 Å². The number of benzene rings is 1. The molecule has 0 amide bonds. The van der Waals surface area contributed by atoms with Crippen molar-refractivity contribution in [1.82, 2.24) is 9.97 Å². The number of rotatable bonds is 4. The number of halogens is 1. The van der Waals surface area contributed by atoms with Crippen LogP contribution >= 0.6 is 0 Å². The Morgan fingerprint density at radius 3 is 2.85 bits per heavy atom. The lowest BCUT2D eigenvalue weighted by atomic mass is 10.2. The van der Waals surface area contributed by atoms with E-state index in [9.17, 15) is 14.5 Å². The first-order chi connectivity index (χ1) is 9.51. The van der Waals surface area contributed by atoms with Crippen LogP contribution in [0.25, 0.3) is 0 Å². The molecule has 2 aromatic rings. The molecule has 7 nitrogen and oxygen atoms in total. The second kappa shape index (κ2) is 5.47. The van der Waals surface area contributed by atoms with Gasteiger partial charge in [0, 0.05) is 13.1 Å². The maximum absolute atomic E-state index is 13.6. The number of nitrogens with one attached hydrogen (secondary N) is 1. The highest BCUT2D eigenvalue weighted by Gasteiger charge is 2.14. The molecule has 0 saturated heterocycles. The van der Waals surface area contributed by atoms with E-state index in [0.717, 1.165) is 6.20 Å². The van der Waals surface area contributed by atoms with Crippen LogP contribution in [0.2, 0.25) is 0 Å². The molecule has 1 aromatic carbocycles. The molecule has 1 heterocycles. The molecule has 0 atom stereocenters. The van der Waals surface area contributed by atoms with Crippen molar-refractivity contribution in [3.05, 3.63) is 45.9 Å². The normalized spacial score (nSPS) is 10.2. The predicted molar refractivity (Wildman–Crippen MR) is 69.4 cm³/mol. The molecule has 0 spiro atoms. The molecule has 8 heteroatoms. The van der Waals surface area contributed by atoms with E-state index in [-0.39, 0.29) is 23.3 Å². The fourth-order valence-corrected chi connectivity index (χ4v) is 1.46. The van der Waals surface area contributed by atoms with Gasteiger partial charge in [0.15, 0.2) is 0 Å². The summed E-state index contributed by atoms with van der Waals surface area (Å²) in [7, 11) is 1.58. The van der Waals surface area contributed by atoms with Crippen molar-refractivity contribution in [2.24, 2.45) is 0 Å². The van der Waals surface area contributed by atoms with Crippen molar-refractivity contribution in [3.8, 4) is 11.6 Å². The maximum Gasteiger partial charge on any atom is 0.273 e. The Balaban J connectivity index is 2.38. The number of nitro groups is 1. The number of aromatic nitrogens is 2. The minimum Gasteiger partial charge on any atom is -0.436 e. The van der Waals surface area contributed by atoms with Gasteiger partial charge in [0.1, 0.15) is 5.75 Å². The van der Waals surface area contributed by atoms with Gasteiger partial charge in [-0.1, -0.05) is 0 Å². The van der Waals surface area contributed by atoms with Gasteiger partial charge < -0.3 is 10.1 Å². The van der Waals surface area contributed by atoms with Crippen LogP contribution in [-0.2, 0) is 0 Å². The Hall–Kier alpha value is -2.77. The fourth-order valence-electron chi connectivity index (χ4n) is 1.46. The number of hydrogen-bond donors (Lipinski definition) is 1. The van der Waals surface area contributed by atoms with Gasteiger partial charge in [-0.3, -0.25) is 10.1 Å². The van der Waals surface area contributed by atoms with Crippen LogP contribution in [-0.4, -0.2) is 21.9 Å². The summed E-state index contributed by atoms with van der Waals surface area (Å²) in [6.45, 7) is 1.69. The molecule has 0 aliphatic carbocycles. The number of anilines is 1. The number of aryl methyl sites for hydroxylation is 1. The Bertz CT molecular complexity index is 663. The third kappa shape index (κ3) is 2.79. The smallest absolute Gasteiger partial charge is 0.273 e. The standard InChI is InChI=1S/C12H11FN4O3/c1-7-3-4-8(17(18)19)5-10(7)20-11-9(13)6-15-12(14-2)16-11/h3-6H,1-2H3,(H,14,15,16). The van der Waals surface area contributed by atoms with Gasteiger partial charge in [-0.2, -0.15) is 9.37 Å². The molecule has 1 aromatic heterocycles. The predicted octanol–water partition coefficient (Wildman–Crippen LogP) is 2.67. The third-order valence-corrected chi connectivity index (χ3v) is 2.52. The van der Waals surface area contributed by atoms with E-state index in [1.807, 2.05) is 0 Å². The van der Waals surface area contributed by atoms with Crippen LogP contribution < -0.4 is 10.1 Å².